The van der Waals surface area contributed by atoms with Gasteiger partial charge in [-0.3, -0.25) is 0 Å². The summed E-state index contributed by atoms with van der Waals surface area (Å²) < 4.78 is 0. The lowest BCUT2D eigenvalue weighted by molar-refractivity contribution is -0.132. The SMILES string of the molecule is C=C/C=C(C(=O)O)\C(=C/C)SC/C=C(\C)CC/C=C(\C)CCC=C(C)C. The number of carbonyl (C=O) groups is 1. The van der Waals surface area contributed by atoms with Gasteiger partial charge >= 0.3 is 5.97 Å². The highest BCUT2D eigenvalue weighted by Gasteiger charge is 2.11. The van der Waals surface area contributed by atoms with Gasteiger partial charge in [0.05, 0.1) is 5.57 Å². The maximum absolute atomic E-state index is 11.3. The second-order valence-electron chi connectivity index (χ2n) is 6.54. The van der Waals surface area contributed by atoms with Crippen LogP contribution in [0.3, 0.4) is 0 Å². The highest BCUT2D eigenvalue weighted by molar-refractivity contribution is 8.03. The van der Waals surface area contributed by atoms with Crippen molar-refractivity contribution in [3.05, 3.63) is 70.2 Å². The second-order valence-corrected chi connectivity index (χ2v) is 7.61. The summed E-state index contributed by atoms with van der Waals surface area (Å²) in [5.74, 6) is -0.142. The summed E-state index contributed by atoms with van der Waals surface area (Å²) in [6.07, 6.45) is 16.0. The van der Waals surface area contributed by atoms with Crippen LogP contribution in [0.2, 0.25) is 0 Å². The molecule has 2 nitrogen and oxygen atoms in total. The fraction of sp³-hybridized carbons (Fsp3) is 0.435. The van der Waals surface area contributed by atoms with E-state index in [4.69, 9.17) is 0 Å². The molecule has 0 saturated heterocycles. The van der Waals surface area contributed by atoms with Gasteiger partial charge in [-0.05, 0) is 66.4 Å². The molecular formula is C23H34O2S. The summed E-state index contributed by atoms with van der Waals surface area (Å²) in [6.45, 7) is 14.1. The summed E-state index contributed by atoms with van der Waals surface area (Å²) in [6, 6.07) is 0. The van der Waals surface area contributed by atoms with E-state index in [1.165, 1.54) is 22.8 Å². The smallest absolute Gasteiger partial charge is 0.336 e. The van der Waals surface area contributed by atoms with Gasteiger partial charge in [0.25, 0.3) is 0 Å². The first kappa shape index (κ1) is 24.3. The van der Waals surface area contributed by atoms with E-state index in [-0.39, 0.29) is 0 Å². The quantitative estimate of drug-likeness (QED) is 0.222. The third-order valence-electron chi connectivity index (χ3n) is 3.84. The van der Waals surface area contributed by atoms with Crippen LogP contribution in [-0.4, -0.2) is 16.8 Å². The van der Waals surface area contributed by atoms with Gasteiger partial charge in [-0.2, -0.15) is 0 Å². The molecule has 0 aliphatic rings. The Morgan fingerprint density at radius 2 is 1.58 bits per heavy atom. The number of carboxylic acid groups (broad SMARTS) is 1. The van der Waals surface area contributed by atoms with E-state index in [9.17, 15) is 9.90 Å². The van der Waals surface area contributed by atoms with E-state index in [1.807, 2.05) is 13.0 Å². The first-order valence-electron chi connectivity index (χ1n) is 9.11. The lowest BCUT2D eigenvalue weighted by Crippen LogP contribution is -2.02. The minimum atomic E-state index is -0.917. The predicted molar refractivity (Wildman–Crippen MR) is 118 cm³/mol. The molecule has 0 unspecified atom stereocenters. The van der Waals surface area contributed by atoms with Crippen LogP contribution in [0.1, 0.15) is 60.3 Å². The zero-order chi connectivity index (χ0) is 19.9. The average Bonchev–Trinajstić information content (AvgIpc) is 2.56. The molecule has 0 atom stereocenters. The lowest BCUT2D eigenvalue weighted by Gasteiger charge is -2.06. The van der Waals surface area contributed by atoms with Crippen molar-refractivity contribution in [1.29, 1.82) is 0 Å². The molecule has 26 heavy (non-hydrogen) atoms. The Bertz CT molecular complexity index is 612. The van der Waals surface area contributed by atoms with Crippen LogP contribution in [-0.2, 0) is 4.79 Å². The van der Waals surface area contributed by atoms with Gasteiger partial charge in [0.1, 0.15) is 0 Å². The van der Waals surface area contributed by atoms with Gasteiger partial charge in [0.15, 0.2) is 0 Å². The minimum absolute atomic E-state index is 0.300. The Morgan fingerprint density at radius 3 is 2.08 bits per heavy atom. The highest BCUT2D eigenvalue weighted by Crippen LogP contribution is 2.25. The molecule has 144 valence electrons. The Kier molecular flexibility index (Phi) is 13.5. The van der Waals surface area contributed by atoms with Crippen molar-refractivity contribution in [2.24, 2.45) is 0 Å². The van der Waals surface area contributed by atoms with Gasteiger partial charge in [0, 0.05) is 10.7 Å². The molecule has 0 radical (unpaired) electrons. The van der Waals surface area contributed by atoms with Crippen LogP contribution >= 0.6 is 11.8 Å². The third-order valence-corrected chi connectivity index (χ3v) is 4.94. The molecule has 0 aromatic rings. The molecule has 0 aromatic heterocycles. The van der Waals surface area contributed by atoms with Gasteiger partial charge in [-0.1, -0.05) is 53.7 Å². The van der Waals surface area contributed by atoms with E-state index >= 15 is 0 Å². The Morgan fingerprint density at radius 1 is 1.00 bits per heavy atom. The molecule has 0 spiro atoms. The Balaban J connectivity index is 4.44. The van der Waals surface area contributed by atoms with Crippen molar-refractivity contribution in [2.45, 2.75) is 60.3 Å². The number of thioether (sulfide) groups is 1. The largest absolute Gasteiger partial charge is 0.478 e. The van der Waals surface area contributed by atoms with Crippen molar-refractivity contribution < 1.29 is 9.90 Å². The molecule has 0 heterocycles. The molecule has 0 amide bonds. The van der Waals surface area contributed by atoms with E-state index in [0.717, 1.165) is 36.3 Å². The fourth-order valence-corrected chi connectivity index (χ4v) is 3.33. The molecule has 0 aliphatic heterocycles. The highest BCUT2D eigenvalue weighted by atomic mass is 32.2. The summed E-state index contributed by atoms with van der Waals surface area (Å²) in [5.41, 5.74) is 4.46. The van der Waals surface area contributed by atoms with Gasteiger partial charge < -0.3 is 5.11 Å². The number of carboxylic acids is 1. The van der Waals surface area contributed by atoms with Crippen molar-refractivity contribution in [3.63, 3.8) is 0 Å². The summed E-state index contributed by atoms with van der Waals surface area (Å²) in [7, 11) is 0. The maximum atomic E-state index is 11.3. The van der Waals surface area contributed by atoms with Gasteiger partial charge in [0.2, 0.25) is 0 Å². The molecule has 0 aromatic carbocycles. The zero-order valence-corrected chi connectivity index (χ0v) is 17.8. The van der Waals surface area contributed by atoms with E-state index in [1.54, 1.807) is 17.8 Å². The predicted octanol–water partition coefficient (Wildman–Crippen LogP) is 7.24. The van der Waals surface area contributed by atoms with Crippen LogP contribution in [0, 0.1) is 0 Å². The normalized spacial score (nSPS) is 13.6. The maximum Gasteiger partial charge on any atom is 0.336 e. The summed E-state index contributed by atoms with van der Waals surface area (Å²) in [4.78, 5) is 12.1. The number of hydrogen-bond acceptors (Lipinski definition) is 2. The molecular weight excluding hydrogens is 340 g/mol. The van der Waals surface area contributed by atoms with Crippen molar-refractivity contribution in [3.8, 4) is 0 Å². The standard InChI is InChI=1S/C23H34O2S/c1-7-11-21(23(24)25)22(8-2)26-17-16-20(6)15-10-14-19(5)13-9-12-18(3)4/h7-8,11-12,14,16H,1,9-10,13,15,17H2,2-6H3,(H,24,25)/b19-14+,20-16+,21-11+,22-8+. The Labute approximate surface area is 164 Å². The van der Waals surface area contributed by atoms with Gasteiger partial charge in [-0.25, -0.2) is 4.79 Å². The van der Waals surface area contributed by atoms with Gasteiger partial charge in [-0.15, -0.1) is 11.8 Å². The minimum Gasteiger partial charge on any atom is -0.478 e. The number of aliphatic carboxylic acids is 1. The topological polar surface area (TPSA) is 37.3 Å². The molecule has 0 aliphatic carbocycles. The molecule has 0 bridgehead atoms. The third kappa shape index (κ3) is 11.8. The van der Waals surface area contributed by atoms with Crippen molar-refractivity contribution in [1.82, 2.24) is 0 Å². The molecule has 1 N–H and O–H groups in total. The monoisotopic (exact) mass is 374 g/mol. The summed E-state index contributed by atoms with van der Waals surface area (Å²) in [5, 5.41) is 9.28. The average molecular weight is 375 g/mol. The molecule has 0 fully saturated rings. The first-order valence-corrected chi connectivity index (χ1v) is 10.1. The number of rotatable bonds is 12. The van der Waals surface area contributed by atoms with Crippen LogP contribution in [0.4, 0.5) is 0 Å². The fourth-order valence-electron chi connectivity index (χ4n) is 2.31. The number of hydrogen-bond donors (Lipinski definition) is 1. The van der Waals surface area contributed by atoms with Crippen molar-refractivity contribution in [2.75, 3.05) is 5.75 Å². The Hall–Kier alpha value is -1.74. The van der Waals surface area contributed by atoms with E-state index in [0.29, 0.717) is 5.57 Å². The second kappa shape index (κ2) is 14.4. The zero-order valence-electron chi connectivity index (χ0n) is 17.0. The van der Waals surface area contributed by atoms with E-state index < -0.39 is 5.97 Å². The molecule has 3 heteroatoms. The lowest BCUT2D eigenvalue weighted by atomic mass is 10.1. The van der Waals surface area contributed by atoms with Crippen LogP contribution in [0.5, 0.6) is 0 Å². The van der Waals surface area contributed by atoms with Crippen molar-refractivity contribution >= 4 is 17.7 Å². The van der Waals surface area contributed by atoms with Crippen LogP contribution < -0.4 is 0 Å². The number of allylic oxidation sites excluding steroid dienone is 8. The molecule has 0 saturated carbocycles. The van der Waals surface area contributed by atoms with Crippen LogP contribution in [0.15, 0.2) is 70.2 Å². The van der Waals surface area contributed by atoms with E-state index in [2.05, 4.69) is 52.5 Å². The molecule has 0 rings (SSSR count). The summed E-state index contributed by atoms with van der Waals surface area (Å²) >= 11 is 1.55. The first-order chi connectivity index (χ1) is 12.3. The van der Waals surface area contributed by atoms with Crippen LogP contribution in [0.25, 0.3) is 0 Å².